The topological polar surface area (TPSA) is 49.7 Å². The van der Waals surface area contributed by atoms with Gasteiger partial charge in [-0.05, 0) is 38.3 Å². The molecule has 0 saturated heterocycles. The Bertz CT molecular complexity index is 311. The van der Waals surface area contributed by atoms with E-state index in [2.05, 4.69) is 11.6 Å². The zero-order chi connectivity index (χ0) is 11.3. The van der Waals surface area contributed by atoms with E-state index in [0.717, 1.165) is 11.1 Å². The number of hydrogen-bond acceptors (Lipinski definition) is 2. The first-order chi connectivity index (χ1) is 6.40. The number of nitrogens with zero attached hydrogens (tertiary/aromatic N) is 1. The summed E-state index contributed by atoms with van der Waals surface area (Å²) in [5.74, 6) is -0.982. The van der Waals surface area contributed by atoms with Crippen molar-refractivity contribution in [2.24, 2.45) is 4.99 Å². The van der Waals surface area contributed by atoms with Gasteiger partial charge in [-0.3, -0.25) is 0 Å². The molecule has 14 heavy (non-hydrogen) atoms. The van der Waals surface area contributed by atoms with Crippen LogP contribution in [0, 0.1) is 0 Å². The lowest BCUT2D eigenvalue weighted by atomic mass is 10.1. The van der Waals surface area contributed by atoms with Gasteiger partial charge in [-0.2, -0.15) is 0 Å². The Hall–Kier alpha value is -1.38. The van der Waals surface area contributed by atoms with Crippen molar-refractivity contribution in [3.63, 3.8) is 0 Å². The molecule has 0 aromatic carbocycles. The van der Waals surface area contributed by atoms with Crippen molar-refractivity contribution in [3.8, 4) is 0 Å². The highest BCUT2D eigenvalue weighted by Crippen LogP contribution is 2.11. The van der Waals surface area contributed by atoms with Crippen molar-refractivity contribution in [1.82, 2.24) is 0 Å². The second-order valence-electron chi connectivity index (χ2n) is 3.27. The molecule has 0 aliphatic rings. The quantitative estimate of drug-likeness (QED) is 0.554. The summed E-state index contributed by atoms with van der Waals surface area (Å²) in [6.45, 7) is 11.0. The van der Waals surface area contributed by atoms with E-state index in [1.54, 1.807) is 20.8 Å². The lowest BCUT2D eigenvalue weighted by Gasteiger charge is -2.03. The van der Waals surface area contributed by atoms with Gasteiger partial charge in [-0.25, -0.2) is 9.79 Å². The summed E-state index contributed by atoms with van der Waals surface area (Å²) in [6, 6.07) is 0. The van der Waals surface area contributed by atoms with Gasteiger partial charge in [0.2, 0.25) is 0 Å². The highest BCUT2D eigenvalue weighted by Gasteiger charge is 2.09. The van der Waals surface area contributed by atoms with E-state index in [0.29, 0.717) is 12.1 Å². The fraction of sp³-hybridized carbons (Fsp3) is 0.455. The minimum Gasteiger partial charge on any atom is -0.477 e. The van der Waals surface area contributed by atoms with Crippen molar-refractivity contribution in [3.05, 3.63) is 23.4 Å². The number of hydrogen-bond donors (Lipinski definition) is 1. The molecule has 0 aliphatic heterocycles. The summed E-state index contributed by atoms with van der Waals surface area (Å²) >= 11 is 0. The average Bonchev–Trinajstić information content (AvgIpc) is 2.11. The smallest absolute Gasteiger partial charge is 0.354 e. The average molecular weight is 195 g/mol. The van der Waals surface area contributed by atoms with Crippen molar-refractivity contribution in [2.75, 3.05) is 0 Å². The van der Waals surface area contributed by atoms with Crippen molar-refractivity contribution in [2.45, 2.75) is 34.1 Å². The van der Waals surface area contributed by atoms with Crippen LogP contribution < -0.4 is 0 Å². The van der Waals surface area contributed by atoms with Crippen molar-refractivity contribution in [1.29, 1.82) is 0 Å². The minimum absolute atomic E-state index is 0.132. The molecule has 0 heterocycles. The van der Waals surface area contributed by atoms with Gasteiger partial charge in [-0.1, -0.05) is 13.5 Å². The van der Waals surface area contributed by atoms with E-state index < -0.39 is 5.97 Å². The molecule has 0 aromatic rings. The van der Waals surface area contributed by atoms with E-state index >= 15 is 0 Å². The number of aliphatic carboxylic acids is 1. The van der Waals surface area contributed by atoms with Gasteiger partial charge < -0.3 is 5.11 Å². The van der Waals surface area contributed by atoms with Crippen LogP contribution in [0.1, 0.15) is 34.1 Å². The van der Waals surface area contributed by atoms with Crippen molar-refractivity contribution >= 4 is 11.7 Å². The van der Waals surface area contributed by atoms with E-state index in [1.807, 2.05) is 6.92 Å². The zero-order valence-electron chi connectivity index (χ0n) is 9.22. The first-order valence-corrected chi connectivity index (χ1v) is 4.54. The molecule has 78 valence electrons. The van der Waals surface area contributed by atoms with Gasteiger partial charge in [0.15, 0.2) is 0 Å². The van der Waals surface area contributed by atoms with Crippen LogP contribution in [0.3, 0.4) is 0 Å². The molecule has 1 N–H and O–H groups in total. The van der Waals surface area contributed by atoms with Crippen LogP contribution in [-0.2, 0) is 4.79 Å². The van der Waals surface area contributed by atoms with E-state index in [-0.39, 0.29) is 5.70 Å². The second kappa shape index (κ2) is 5.37. The van der Waals surface area contributed by atoms with Crippen LogP contribution in [-0.4, -0.2) is 16.8 Å². The first-order valence-electron chi connectivity index (χ1n) is 4.54. The Kier molecular flexibility index (Phi) is 4.84. The van der Waals surface area contributed by atoms with Crippen LogP contribution in [0.2, 0.25) is 0 Å². The molecule has 0 fully saturated rings. The molecule has 0 amide bonds. The molecule has 0 rings (SSSR count). The fourth-order valence-electron chi connectivity index (χ4n) is 0.756. The fourth-order valence-corrected chi connectivity index (χ4v) is 0.756. The number of carboxylic acid groups (broad SMARTS) is 1. The van der Waals surface area contributed by atoms with Gasteiger partial charge in [-0.15, -0.1) is 0 Å². The summed E-state index contributed by atoms with van der Waals surface area (Å²) in [5.41, 5.74) is 2.36. The number of aliphatic imine (C=N–C) groups is 1. The third-order valence-electron chi connectivity index (χ3n) is 2.03. The summed E-state index contributed by atoms with van der Waals surface area (Å²) < 4.78 is 0. The van der Waals surface area contributed by atoms with E-state index in [4.69, 9.17) is 5.11 Å². The molecule has 0 saturated carbocycles. The Labute approximate surface area is 84.9 Å². The SMILES string of the molecule is C=C(C)C(C)=N/C(C(=O)O)=C(/C)CC. The Balaban J connectivity index is 5.18. The number of rotatable bonds is 4. The van der Waals surface area contributed by atoms with Gasteiger partial charge in [0, 0.05) is 5.71 Å². The van der Waals surface area contributed by atoms with Crippen LogP contribution in [0.5, 0.6) is 0 Å². The van der Waals surface area contributed by atoms with Crippen LogP contribution in [0.4, 0.5) is 0 Å². The highest BCUT2D eigenvalue weighted by molar-refractivity contribution is 6.01. The lowest BCUT2D eigenvalue weighted by Crippen LogP contribution is -2.04. The molecule has 0 aromatic heterocycles. The third kappa shape index (κ3) is 3.56. The summed E-state index contributed by atoms with van der Waals surface area (Å²) in [4.78, 5) is 14.9. The maximum atomic E-state index is 10.9. The standard InChI is InChI=1S/C11H17NO2/c1-6-8(4)10(11(13)14)12-9(5)7(2)3/h2,6H2,1,3-5H3,(H,13,14)/b10-8-,12-9?. The summed E-state index contributed by atoms with van der Waals surface area (Å²) in [7, 11) is 0. The molecular formula is C11H17NO2. The third-order valence-corrected chi connectivity index (χ3v) is 2.03. The predicted octanol–water partition coefficient (Wildman–Crippen LogP) is 2.79. The molecule has 0 spiro atoms. The van der Waals surface area contributed by atoms with Gasteiger partial charge in [0.05, 0.1) is 0 Å². The van der Waals surface area contributed by atoms with E-state index in [9.17, 15) is 4.79 Å². The van der Waals surface area contributed by atoms with Crippen LogP contribution in [0.15, 0.2) is 28.4 Å². The second-order valence-corrected chi connectivity index (χ2v) is 3.27. The first kappa shape index (κ1) is 12.6. The molecule has 0 atom stereocenters. The molecule has 0 aliphatic carbocycles. The normalized spacial score (nSPS) is 13.6. The molecular weight excluding hydrogens is 178 g/mol. The lowest BCUT2D eigenvalue weighted by molar-refractivity contribution is -0.132. The predicted molar refractivity (Wildman–Crippen MR) is 58.5 cm³/mol. The van der Waals surface area contributed by atoms with Gasteiger partial charge >= 0.3 is 5.97 Å². The Morgan fingerprint density at radius 3 is 2.14 bits per heavy atom. The molecule has 0 radical (unpaired) electrons. The minimum atomic E-state index is -0.982. The monoisotopic (exact) mass is 195 g/mol. The molecule has 0 unspecified atom stereocenters. The van der Waals surface area contributed by atoms with E-state index in [1.165, 1.54) is 0 Å². The Morgan fingerprint density at radius 2 is 1.86 bits per heavy atom. The van der Waals surface area contributed by atoms with Gasteiger partial charge in [0.25, 0.3) is 0 Å². The molecule has 0 bridgehead atoms. The van der Waals surface area contributed by atoms with Crippen LogP contribution in [0.25, 0.3) is 0 Å². The Morgan fingerprint density at radius 1 is 1.36 bits per heavy atom. The largest absolute Gasteiger partial charge is 0.477 e. The summed E-state index contributed by atoms with van der Waals surface area (Å²) in [5, 5.41) is 8.91. The van der Waals surface area contributed by atoms with Gasteiger partial charge in [0.1, 0.15) is 5.70 Å². The number of allylic oxidation sites excluding steroid dienone is 2. The van der Waals surface area contributed by atoms with Crippen LogP contribution >= 0.6 is 0 Å². The van der Waals surface area contributed by atoms with Crippen molar-refractivity contribution < 1.29 is 9.90 Å². The summed E-state index contributed by atoms with van der Waals surface area (Å²) in [6.07, 6.45) is 0.689. The zero-order valence-corrected chi connectivity index (χ0v) is 9.22. The number of carbonyl (C=O) groups is 1. The molecule has 3 nitrogen and oxygen atoms in total. The highest BCUT2D eigenvalue weighted by atomic mass is 16.4. The maximum Gasteiger partial charge on any atom is 0.354 e. The maximum absolute atomic E-state index is 10.9. The number of carboxylic acids is 1. The molecule has 3 heteroatoms.